The number of hydrogen-bond donors (Lipinski definition) is 1. The minimum Gasteiger partial charge on any atom is -0.495 e. The van der Waals surface area contributed by atoms with E-state index in [2.05, 4.69) is 4.74 Å². The van der Waals surface area contributed by atoms with Crippen molar-refractivity contribution in [3.63, 3.8) is 0 Å². The van der Waals surface area contributed by atoms with E-state index in [0.717, 1.165) is 6.07 Å². The largest absolute Gasteiger partial charge is 0.495 e. The Labute approximate surface area is 90.4 Å². The fourth-order valence-electron chi connectivity index (χ4n) is 1.33. The summed E-state index contributed by atoms with van der Waals surface area (Å²) < 4.78 is 33.1. The maximum atomic E-state index is 12.0. The van der Waals surface area contributed by atoms with Crippen LogP contribution in [0.4, 0.5) is 8.78 Å². The van der Waals surface area contributed by atoms with Gasteiger partial charge in [-0.2, -0.15) is 8.78 Å². The van der Waals surface area contributed by atoms with Crippen molar-refractivity contribution in [3.05, 3.63) is 23.3 Å². The summed E-state index contributed by atoms with van der Waals surface area (Å²) in [5.74, 6) is -1.27. The molecule has 1 aromatic carbocycles. The van der Waals surface area contributed by atoms with Crippen LogP contribution >= 0.6 is 0 Å². The summed E-state index contributed by atoms with van der Waals surface area (Å²) in [6, 6.07) is 2.33. The minimum atomic E-state index is -2.96. The first-order chi connectivity index (χ1) is 7.47. The Kier molecular flexibility index (Phi) is 3.65. The molecule has 1 aromatic rings. The van der Waals surface area contributed by atoms with E-state index in [4.69, 9.17) is 9.84 Å². The van der Waals surface area contributed by atoms with Crippen LogP contribution in [0.1, 0.15) is 15.9 Å². The lowest BCUT2D eigenvalue weighted by atomic mass is 10.1. The van der Waals surface area contributed by atoms with Crippen molar-refractivity contribution < 1.29 is 28.2 Å². The summed E-state index contributed by atoms with van der Waals surface area (Å²) in [6.07, 6.45) is 0. The molecular weight excluding hydrogens is 222 g/mol. The third-order valence-corrected chi connectivity index (χ3v) is 2.01. The van der Waals surface area contributed by atoms with E-state index in [9.17, 15) is 13.6 Å². The first-order valence-electron chi connectivity index (χ1n) is 4.33. The molecule has 0 saturated carbocycles. The Morgan fingerprint density at radius 3 is 2.50 bits per heavy atom. The molecule has 6 heteroatoms. The zero-order valence-corrected chi connectivity index (χ0v) is 8.66. The molecule has 1 N–H and O–H groups in total. The van der Waals surface area contributed by atoms with Crippen LogP contribution < -0.4 is 9.47 Å². The molecule has 0 bridgehead atoms. The van der Waals surface area contributed by atoms with Gasteiger partial charge in [-0.15, -0.1) is 0 Å². The smallest absolute Gasteiger partial charge is 0.387 e. The van der Waals surface area contributed by atoms with Crippen LogP contribution in [0.15, 0.2) is 12.1 Å². The monoisotopic (exact) mass is 232 g/mol. The molecule has 0 atom stereocenters. The average molecular weight is 232 g/mol. The number of hydrogen-bond acceptors (Lipinski definition) is 3. The van der Waals surface area contributed by atoms with E-state index in [0.29, 0.717) is 0 Å². The van der Waals surface area contributed by atoms with Gasteiger partial charge in [0.25, 0.3) is 0 Å². The highest BCUT2D eigenvalue weighted by atomic mass is 19.3. The zero-order valence-electron chi connectivity index (χ0n) is 8.66. The molecule has 0 aliphatic rings. The number of benzene rings is 1. The first kappa shape index (κ1) is 12.2. The molecular formula is C10H10F2O4. The van der Waals surface area contributed by atoms with Gasteiger partial charge < -0.3 is 14.6 Å². The highest BCUT2D eigenvalue weighted by Gasteiger charge is 2.18. The second-order valence-corrected chi connectivity index (χ2v) is 2.95. The summed E-state index contributed by atoms with van der Waals surface area (Å²) in [7, 11) is 1.26. The van der Waals surface area contributed by atoms with Gasteiger partial charge in [-0.25, -0.2) is 4.79 Å². The number of carboxylic acid groups (broad SMARTS) is 1. The van der Waals surface area contributed by atoms with Gasteiger partial charge in [0.15, 0.2) is 0 Å². The number of alkyl halides is 2. The first-order valence-corrected chi connectivity index (χ1v) is 4.33. The van der Waals surface area contributed by atoms with Gasteiger partial charge in [0.1, 0.15) is 17.1 Å². The van der Waals surface area contributed by atoms with E-state index < -0.39 is 12.6 Å². The van der Waals surface area contributed by atoms with E-state index in [1.807, 2.05) is 0 Å². The number of carbonyl (C=O) groups is 1. The fourth-order valence-corrected chi connectivity index (χ4v) is 1.33. The number of rotatable bonds is 4. The quantitative estimate of drug-likeness (QED) is 0.865. The topological polar surface area (TPSA) is 55.8 Å². The molecule has 0 aliphatic heterocycles. The Bertz CT molecular complexity index is 404. The van der Waals surface area contributed by atoms with Crippen molar-refractivity contribution in [1.29, 1.82) is 0 Å². The lowest BCUT2D eigenvalue weighted by Gasteiger charge is -2.13. The molecule has 0 aliphatic carbocycles. The molecule has 0 unspecified atom stereocenters. The van der Waals surface area contributed by atoms with Gasteiger partial charge in [0, 0.05) is 5.56 Å². The van der Waals surface area contributed by atoms with Crippen LogP contribution in [0.25, 0.3) is 0 Å². The summed E-state index contributed by atoms with van der Waals surface area (Å²) in [5, 5.41) is 8.83. The molecule has 4 nitrogen and oxygen atoms in total. The number of halogens is 2. The Balaban J connectivity index is 3.23. The second-order valence-electron chi connectivity index (χ2n) is 2.95. The van der Waals surface area contributed by atoms with Crippen LogP contribution in [0, 0.1) is 6.92 Å². The molecule has 0 aromatic heterocycles. The van der Waals surface area contributed by atoms with Crippen LogP contribution in [-0.2, 0) is 0 Å². The Hall–Kier alpha value is -1.85. The van der Waals surface area contributed by atoms with Gasteiger partial charge in [-0.05, 0) is 19.1 Å². The third kappa shape index (κ3) is 2.39. The summed E-state index contributed by atoms with van der Waals surface area (Å²) >= 11 is 0. The fraction of sp³-hybridized carbons (Fsp3) is 0.300. The van der Waals surface area contributed by atoms with Crippen molar-refractivity contribution in [1.82, 2.24) is 0 Å². The summed E-state index contributed by atoms with van der Waals surface area (Å²) in [4.78, 5) is 10.8. The van der Waals surface area contributed by atoms with Gasteiger partial charge >= 0.3 is 12.6 Å². The van der Waals surface area contributed by atoms with Gasteiger partial charge in [0.05, 0.1) is 7.11 Å². The van der Waals surface area contributed by atoms with Crippen LogP contribution in [0.3, 0.4) is 0 Å². The van der Waals surface area contributed by atoms with Crippen molar-refractivity contribution in [2.45, 2.75) is 13.5 Å². The summed E-state index contributed by atoms with van der Waals surface area (Å²) in [5.41, 5.74) is 0.129. The lowest BCUT2D eigenvalue weighted by molar-refractivity contribution is -0.0503. The normalized spacial score (nSPS) is 10.3. The van der Waals surface area contributed by atoms with Gasteiger partial charge in [0.2, 0.25) is 0 Å². The highest BCUT2D eigenvalue weighted by Crippen LogP contribution is 2.32. The molecule has 16 heavy (non-hydrogen) atoms. The molecule has 0 amide bonds. The second kappa shape index (κ2) is 4.78. The average Bonchev–Trinajstić information content (AvgIpc) is 2.19. The highest BCUT2D eigenvalue weighted by molar-refractivity contribution is 5.91. The number of methoxy groups -OCH3 is 1. The molecule has 0 fully saturated rings. The SMILES string of the molecule is COc1c(C(=O)O)ccc(OC(F)F)c1C. The van der Waals surface area contributed by atoms with Crippen molar-refractivity contribution >= 4 is 5.97 Å². The maximum Gasteiger partial charge on any atom is 0.387 e. The lowest BCUT2D eigenvalue weighted by Crippen LogP contribution is -2.07. The third-order valence-electron chi connectivity index (χ3n) is 2.01. The molecule has 0 saturated heterocycles. The van der Waals surface area contributed by atoms with Gasteiger partial charge in [-0.1, -0.05) is 0 Å². The van der Waals surface area contributed by atoms with E-state index in [-0.39, 0.29) is 22.6 Å². The summed E-state index contributed by atoms with van der Waals surface area (Å²) in [6.45, 7) is -1.51. The minimum absolute atomic E-state index is 0.0191. The van der Waals surface area contributed by atoms with Crippen LogP contribution in [0.2, 0.25) is 0 Å². The number of carboxylic acids is 1. The van der Waals surface area contributed by atoms with Crippen molar-refractivity contribution in [3.8, 4) is 11.5 Å². The van der Waals surface area contributed by atoms with E-state index in [1.54, 1.807) is 0 Å². The van der Waals surface area contributed by atoms with E-state index in [1.165, 1.54) is 20.1 Å². The molecule has 88 valence electrons. The van der Waals surface area contributed by atoms with Crippen LogP contribution in [0.5, 0.6) is 11.5 Å². The number of aromatic carboxylic acids is 1. The zero-order chi connectivity index (χ0) is 12.3. The number of ether oxygens (including phenoxy) is 2. The molecule has 0 radical (unpaired) electrons. The molecule has 1 rings (SSSR count). The predicted molar refractivity (Wildman–Crippen MR) is 51.3 cm³/mol. The predicted octanol–water partition coefficient (Wildman–Crippen LogP) is 2.30. The van der Waals surface area contributed by atoms with Crippen molar-refractivity contribution in [2.24, 2.45) is 0 Å². The van der Waals surface area contributed by atoms with Crippen molar-refractivity contribution in [2.75, 3.05) is 7.11 Å². The molecule has 0 spiro atoms. The van der Waals surface area contributed by atoms with Crippen LogP contribution in [-0.4, -0.2) is 24.8 Å². The Morgan fingerprint density at radius 2 is 2.06 bits per heavy atom. The maximum absolute atomic E-state index is 12.0. The standard InChI is InChI=1S/C10H10F2O4/c1-5-7(16-10(11)12)4-3-6(9(13)14)8(5)15-2/h3-4,10H,1-2H3,(H,13,14). The van der Waals surface area contributed by atoms with E-state index >= 15 is 0 Å². The van der Waals surface area contributed by atoms with Gasteiger partial charge in [-0.3, -0.25) is 0 Å². The molecule has 0 heterocycles. The Morgan fingerprint density at radius 1 is 1.44 bits per heavy atom.